The van der Waals surface area contributed by atoms with E-state index < -0.39 is 9.05 Å². The molecule has 0 rings (SSSR count). The summed E-state index contributed by atoms with van der Waals surface area (Å²) in [7, 11) is 3.93. The molecular formula is C40H96N4O4Si. The van der Waals surface area contributed by atoms with E-state index in [1.54, 1.807) is 0 Å². The van der Waals surface area contributed by atoms with E-state index in [1.165, 1.54) is 174 Å². The molecule has 0 unspecified atom stereocenters. The fraction of sp³-hybridized carbons (Fsp3) is 1.00. The lowest BCUT2D eigenvalue weighted by Gasteiger charge is -2.67. The third-order valence-electron chi connectivity index (χ3n) is 9.16. The van der Waals surface area contributed by atoms with Gasteiger partial charge in [-0.3, -0.25) is 0 Å². The molecule has 0 saturated carbocycles. The lowest BCUT2D eigenvalue weighted by molar-refractivity contribution is -0.909. The molecule has 0 aliphatic heterocycles. The van der Waals surface area contributed by atoms with Gasteiger partial charge < -0.3 is 46.2 Å². The van der Waals surface area contributed by atoms with Crippen LogP contribution in [0.1, 0.15) is 160 Å². The van der Waals surface area contributed by atoms with E-state index in [1.807, 2.05) is 0 Å². The highest BCUT2D eigenvalue weighted by Gasteiger charge is 2.19. The van der Waals surface area contributed by atoms with Gasteiger partial charge in [-0.25, -0.2) is 0 Å². The molecule has 0 amide bonds. The standard InChI is InChI=1S/4C10H24N.O4Si/c4*1-5-8-11(4,9-6-2)10-7-3;1-5(2,3)4/h4*5-10H2,1-4H3;/q4*+1;-4. The fourth-order valence-corrected chi connectivity index (χ4v) is 7.82. The van der Waals surface area contributed by atoms with Gasteiger partial charge >= 0.3 is 0 Å². The second-order valence-electron chi connectivity index (χ2n) is 15.7. The van der Waals surface area contributed by atoms with Gasteiger partial charge in [-0.15, -0.1) is 0 Å². The highest BCUT2D eigenvalue weighted by atomic mass is 28.4. The lowest BCUT2D eigenvalue weighted by atomic mass is 10.2. The molecule has 304 valence electrons. The molecule has 0 bridgehead atoms. The Morgan fingerprint density at radius 2 is 0.306 bits per heavy atom. The van der Waals surface area contributed by atoms with Gasteiger partial charge in [0.1, 0.15) is 0 Å². The molecule has 0 N–H and O–H groups in total. The van der Waals surface area contributed by atoms with Crippen LogP contribution in [0, 0.1) is 0 Å². The molecule has 8 nitrogen and oxygen atoms in total. The van der Waals surface area contributed by atoms with Crippen molar-refractivity contribution >= 4 is 9.05 Å². The Bertz CT molecular complexity index is 480. The van der Waals surface area contributed by atoms with Crippen LogP contribution in [0.2, 0.25) is 0 Å². The number of quaternary nitrogens is 4. The van der Waals surface area contributed by atoms with Gasteiger partial charge in [-0.05, 0) is 77.0 Å². The van der Waals surface area contributed by atoms with Crippen molar-refractivity contribution in [2.24, 2.45) is 0 Å². The monoisotopic (exact) mass is 725 g/mol. The molecule has 49 heavy (non-hydrogen) atoms. The van der Waals surface area contributed by atoms with Gasteiger partial charge in [-0.1, -0.05) is 83.1 Å². The van der Waals surface area contributed by atoms with Crippen LogP contribution < -0.4 is 19.2 Å². The van der Waals surface area contributed by atoms with E-state index in [4.69, 9.17) is 19.2 Å². The smallest absolute Gasteiger partial charge is 0.0781 e. The Hall–Kier alpha value is -0.103. The van der Waals surface area contributed by atoms with Gasteiger partial charge in [0.2, 0.25) is 0 Å². The second-order valence-corrected chi connectivity index (χ2v) is 16.7. The van der Waals surface area contributed by atoms with Crippen molar-refractivity contribution < 1.29 is 37.1 Å². The summed E-state index contributed by atoms with van der Waals surface area (Å²) in [5.41, 5.74) is 0. The van der Waals surface area contributed by atoms with Crippen molar-refractivity contribution in [1.29, 1.82) is 0 Å². The zero-order valence-corrected chi connectivity index (χ0v) is 37.9. The molecule has 0 aliphatic rings. The van der Waals surface area contributed by atoms with E-state index in [9.17, 15) is 0 Å². The van der Waals surface area contributed by atoms with Gasteiger partial charge in [-0.2, -0.15) is 0 Å². The van der Waals surface area contributed by atoms with Crippen molar-refractivity contribution in [3.8, 4) is 0 Å². The zero-order chi connectivity index (χ0) is 39.5. The van der Waals surface area contributed by atoms with E-state index in [-0.39, 0.29) is 0 Å². The van der Waals surface area contributed by atoms with Gasteiger partial charge in [0.25, 0.3) is 0 Å². The SMILES string of the molecule is CCC[N+](C)(CCC)CCC.CCC[N+](C)(CCC)CCC.CCC[N+](C)(CCC)CCC.CCC[N+](C)(CCC)CCC.[O-][Si]([O-])([O-])[O-]. The van der Waals surface area contributed by atoms with Gasteiger partial charge in [0, 0.05) is 0 Å². The quantitative estimate of drug-likeness (QED) is 0.0970. The second kappa shape index (κ2) is 36.3. The average molecular weight is 725 g/mol. The first-order chi connectivity index (χ1) is 22.7. The van der Waals surface area contributed by atoms with Crippen molar-refractivity contribution in [3.63, 3.8) is 0 Å². The van der Waals surface area contributed by atoms with Crippen molar-refractivity contribution in [1.82, 2.24) is 0 Å². The summed E-state index contributed by atoms with van der Waals surface area (Å²) >= 11 is 0. The number of hydrogen-bond donors (Lipinski definition) is 0. The topological polar surface area (TPSA) is 92.2 Å². The molecule has 0 atom stereocenters. The summed E-state index contributed by atoms with van der Waals surface area (Å²) < 4.78 is 5.12. The Balaban J connectivity index is -0.000000168. The first-order valence-corrected chi connectivity index (χ1v) is 22.5. The predicted molar refractivity (Wildman–Crippen MR) is 212 cm³/mol. The average Bonchev–Trinajstić information content (AvgIpc) is 2.95. The Morgan fingerprint density at radius 1 is 0.245 bits per heavy atom. The van der Waals surface area contributed by atoms with Gasteiger partial charge in [0.15, 0.2) is 0 Å². The molecule has 0 radical (unpaired) electrons. The van der Waals surface area contributed by atoms with Crippen molar-refractivity contribution in [3.05, 3.63) is 0 Å². The van der Waals surface area contributed by atoms with Crippen LogP contribution >= 0.6 is 0 Å². The van der Waals surface area contributed by atoms with Gasteiger partial charge in [0.05, 0.1) is 107 Å². The maximum absolute atomic E-state index is 8.58. The summed E-state index contributed by atoms with van der Waals surface area (Å²) in [5.74, 6) is 0. The van der Waals surface area contributed by atoms with Crippen LogP contribution in [-0.4, -0.2) is 134 Å². The minimum atomic E-state index is -5.61. The van der Waals surface area contributed by atoms with Crippen LogP contribution in [0.15, 0.2) is 0 Å². The summed E-state index contributed by atoms with van der Waals surface area (Å²) in [4.78, 5) is 34.3. The third-order valence-corrected chi connectivity index (χ3v) is 9.16. The molecule has 0 aromatic carbocycles. The highest BCUT2D eigenvalue weighted by Crippen LogP contribution is 2.09. The predicted octanol–water partition coefficient (Wildman–Crippen LogP) is 5.52. The molecular weight excluding hydrogens is 629 g/mol. The van der Waals surface area contributed by atoms with E-state index in [2.05, 4.69) is 111 Å². The van der Waals surface area contributed by atoms with Crippen LogP contribution in [0.4, 0.5) is 0 Å². The number of rotatable bonds is 24. The normalized spacial score (nSPS) is 12.0. The van der Waals surface area contributed by atoms with Crippen molar-refractivity contribution in [2.45, 2.75) is 160 Å². The summed E-state index contributed by atoms with van der Waals surface area (Å²) in [6.45, 7) is 43.5. The van der Waals surface area contributed by atoms with Crippen LogP contribution in [0.25, 0.3) is 0 Å². The molecule has 0 aliphatic carbocycles. The first-order valence-electron chi connectivity index (χ1n) is 20.9. The molecule has 9 heteroatoms. The minimum Gasteiger partial charge on any atom is -0.894 e. The summed E-state index contributed by atoms with van der Waals surface area (Å²) in [6, 6.07) is 0. The number of hydrogen-bond acceptors (Lipinski definition) is 4. The first kappa shape index (κ1) is 58.2. The molecule has 0 aromatic heterocycles. The fourth-order valence-electron chi connectivity index (χ4n) is 7.82. The molecule has 0 spiro atoms. The van der Waals surface area contributed by atoms with Crippen LogP contribution in [0.5, 0.6) is 0 Å². The third kappa shape index (κ3) is 44.0. The number of nitrogens with zero attached hydrogens (tertiary/aromatic N) is 4. The van der Waals surface area contributed by atoms with Crippen LogP contribution in [0.3, 0.4) is 0 Å². The van der Waals surface area contributed by atoms with E-state index >= 15 is 0 Å². The molecule has 0 fully saturated rings. The Morgan fingerprint density at radius 3 is 0.347 bits per heavy atom. The maximum atomic E-state index is 8.58. The Kier molecular flexibility index (Phi) is 43.1. The zero-order valence-electron chi connectivity index (χ0n) is 36.9. The minimum absolute atomic E-state index is 1.28. The summed E-state index contributed by atoms with van der Waals surface area (Å²) in [5, 5.41) is 0. The molecule has 0 aromatic rings. The largest absolute Gasteiger partial charge is 0.894 e. The maximum Gasteiger partial charge on any atom is 0.0781 e. The van der Waals surface area contributed by atoms with E-state index in [0.29, 0.717) is 0 Å². The molecule has 0 saturated heterocycles. The van der Waals surface area contributed by atoms with Crippen molar-refractivity contribution in [2.75, 3.05) is 107 Å². The highest BCUT2D eigenvalue weighted by molar-refractivity contribution is 6.38. The molecule has 0 heterocycles. The Labute approximate surface area is 312 Å². The van der Waals surface area contributed by atoms with E-state index in [0.717, 1.165) is 0 Å². The summed E-state index contributed by atoms with van der Waals surface area (Å²) in [6.07, 6.45) is 15.8. The lowest BCUT2D eigenvalue weighted by Crippen LogP contribution is -2.82. The van der Waals surface area contributed by atoms with Crippen LogP contribution in [-0.2, 0) is 0 Å².